The number of nitrogens with two attached hydrogens (primary N) is 1. The van der Waals surface area contributed by atoms with Crippen LogP contribution >= 0.6 is 0 Å². The number of ether oxygens (including phenoxy) is 1. The topological polar surface area (TPSA) is 145 Å². The molecule has 1 amide bonds. The Hall–Kier alpha value is -3.73. The molecule has 0 spiro atoms. The van der Waals surface area contributed by atoms with E-state index in [1.54, 1.807) is 24.3 Å². The minimum Gasteiger partial charge on any atom is -0.383 e. The average Bonchev–Trinajstić information content (AvgIpc) is 2.76. The van der Waals surface area contributed by atoms with Gasteiger partial charge in [0.25, 0.3) is 11.1 Å². The van der Waals surface area contributed by atoms with Gasteiger partial charge in [-0.15, -0.1) is 0 Å². The Bertz CT molecular complexity index is 1350. The van der Waals surface area contributed by atoms with Gasteiger partial charge in [0.2, 0.25) is 5.91 Å². The molecule has 11 nitrogen and oxygen atoms in total. The van der Waals surface area contributed by atoms with Crippen LogP contribution in [-0.4, -0.2) is 45.5 Å². The highest BCUT2D eigenvalue weighted by atomic mass is 16.5. The molecule has 0 aliphatic carbocycles. The molecule has 0 aliphatic heterocycles. The molecule has 0 unspecified atom stereocenters. The van der Waals surface area contributed by atoms with Gasteiger partial charge in [-0.25, -0.2) is 9.48 Å². The lowest BCUT2D eigenvalue weighted by molar-refractivity contribution is -0.118. The maximum Gasteiger partial charge on any atom is 0.330 e. The molecule has 0 atom stereocenters. The highest BCUT2D eigenvalue weighted by molar-refractivity contribution is 5.98. The lowest BCUT2D eigenvalue weighted by Crippen LogP contribution is -2.43. The maximum absolute atomic E-state index is 13.4. The SMILES string of the molecule is COCCN(C(=O)Cc1nn(C)c(=O)c2ccccc12)c1c(N)n(CC(C)C)c(=O)[nH]c1=O. The van der Waals surface area contributed by atoms with E-state index in [1.807, 2.05) is 13.8 Å². The van der Waals surface area contributed by atoms with Gasteiger partial charge < -0.3 is 15.4 Å². The number of H-pyrrole nitrogens is 1. The van der Waals surface area contributed by atoms with Crippen LogP contribution in [0.1, 0.15) is 19.5 Å². The number of rotatable bonds is 8. The monoisotopic (exact) mass is 456 g/mol. The second-order valence-electron chi connectivity index (χ2n) is 8.13. The molecule has 2 aromatic heterocycles. The van der Waals surface area contributed by atoms with Crippen molar-refractivity contribution in [1.29, 1.82) is 0 Å². The molecule has 1 aromatic carbocycles. The molecule has 0 bridgehead atoms. The number of carbonyl (C=O) groups is 1. The smallest absolute Gasteiger partial charge is 0.330 e. The second kappa shape index (κ2) is 9.82. The van der Waals surface area contributed by atoms with Gasteiger partial charge in [0, 0.05) is 32.6 Å². The van der Waals surface area contributed by atoms with Crippen LogP contribution in [0.5, 0.6) is 0 Å². The lowest BCUT2D eigenvalue weighted by atomic mass is 10.1. The van der Waals surface area contributed by atoms with E-state index in [0.717, 1.165) is 0 Å². The molecule has 0 fully saturated rings. The number of fused-ring (bicyclic) bond motifs is 1. The molecule has 3 N–H and O–H groups in total. The average molecular weight is 457 g/mol. The van der Waals surface area contributed by atoms with Gasteiger partial charge in [-0.1, -0.05) is 32.0 Å². The van der Waals surface area contributed by atoms with Gasteiger partial charge in [0.05, 0.1) is 24.1 Å². The van der Waals surface area contributed by atoms with Crippen molar-refractivity contribution in [2.75, 3.05) is 30.9 Å². The molecule has 3 aromatic rings. The third kappa shape index (κ3) is 4.87. The lowest BCUT2D eigenvalue weighted by Gasteiger charge is -2.25. The quantitative estimate of drug-likeness (QED) is 0.494. The van der Waals surface area contributed by atoms with Crippen LogP contribution in [0.15, 0.2) is 38.6 Å². The minimum atomic E-state index is -0.764. The number of aromatic amines is 1. The number of nitrogens with zero attached hydrogens (tertiary/aromatic N) is 4. The summed E-state index contributed by atoms with van der Waals surface area (Å²) >= 11 is 0. The van der Waals surface area contributed by atoms with Crippen LogP contribution in [0.2, 0.25) is 0 Å². The molecule has 0 saturated carbocycles. The Labute approximate surface area is 189 Å². The Morgan fingerprint density at radius 2 is 1.88 bits per heavy atom. The van der Waals surface area contributed by atoms with Crippen molar-refractivity contribution in [2.45, 2.75) is 26.8 Å². The second-order valence-corrected chi connectivity index (χ2v) is 8.13. The number of aryl methyl sites for hydroxylation is 1. The van der Waals surface area contributed by atoms with E-state index >= 15 is 0 Å². The fourth-order valence-electron chi connectivity index (χ4n) is 3.67. The van der Waals surface area contributed by atoms with Crippen molar-refractivity contribution in [3.05, 3.63) is 61.2 Å². The first-order valence-corrected chi connectivity index (χ1v) is 10.5. The summed E-state index contributed by atoms with van der Waals surface area (Å²) in [5, 5.41) is 5.25. The van der Waals surface area contributed by atoms with Crippen LogP contribution in [0.3, 0.4) is 0 Å². The molecule has 0 saturated heterocycles. The van der Waals surface area contributed by atoms with Gasteiger partial charge in [-0.3, -0.25) is 23.9 Å². The van der Waals surface area contributed by atoms with Gasteiger partial charge in [0.15, 0.2) is 5.69 Å². The van der Waals surface area contributed by atoms with E-state index in [0.29, 0.717) is 16.5 Å². The van der Waals surface area contributed by atoms with Crippen molar-refractivity contribution in [2.24, 2.45) is 13.0 Å². The number of nitrogen functional groups attached to an aromatic ring is 1. The predicted octanol–water partition coefficient (Wildman–Crippen LogP) is 0.244. The summed E-state index contributed by atoms with van der Waals surface area (Å²) in [7, 11) is 2.98. The minimum absolute atomic E-state index is 0.0339. The Balaban J connectivity index is 2.11. The molecule has 176 valence electrons. The Kier molecular flexibility index (Phi) is 7.12. The van der Waals surface area contributed by atoms with Crippen LogP contribution in [0, 0.1) is 5.92 Å². The highest BCUT2D eigenvalue weighted by Crippen LogP contribution is 2.20. The molecule has 3 rings (SSSR count). The molecular weight excluding hydrogens is 428 g/mol. The first kappa shape index (κ1) is 23.9. The Morgan fingerprint density at radius 3 is 2.52 bits per heavy atom. The van der Waals surface area contributed by atoms with E-state index < -0.39 is 17.2 Å². The van der Waals surface area contributed by atoms with Gasteiger partial charge in [-0.05, 0) is 12.0 Å². The van der Waals surface area contributed by atoms with E-state index in [-0.39, 0.29) is 49.1 Å². The predicted molar refractivity (Wildman–Crippen MR) is 125 cm³/mol. The van der Waals surface area contributed by atoms with Crippen molar-refractivity contribution in [3.63, 3.8) is 0 Å². The molecule has 0 aliphatic rings. The molecule has 2 heterocycles. The number of aromatic nitrogens is 4. The van der Waals surface area contributed by atoms with E-state index in [2.05, 4.69) is 10.1 Å². The van der Waals surface area contributed by atoms with Gasteiger partial charge >= 0.3 is 5.69 Å². The number of hydrogen-bond donors (Lipinski definition) is 2. The summed E-state index contributed by atoms with van der Waals surface area (Å²) in [6, 6.07) is 6.87. The molecule has 33 heavy (non-hydrogen) atoms. The van der Waals surface area contributed by atoms with Crippen LogP contribution < -0.4 is 27.4 Å². The van der Waals surface area contributed by atoms with E-state index in [9.17, 15) is 19.2 Å². The third-order valence-electron chi connectivity index (χ3n) is 5.20. The number of methoxy groups -OCH3 is 1. The van der Waals surface area contributed by atoms with E-state index in [4.69, 9.17) is 10.5 Å². The summed E-state index contributed by atoms with van der Waals surface area (Å²) in [6.07, 6.45) is -0.194. The van der Waals surface area contributed by atoms with Crippen molar-refractivity contribution in [3.8, 4) is 0 Å². The van der Waals surface area contributed by atoms with E-state index in [1.165, 1.54) is 28.3 Å². The number of hydrogen-bond acceptors (Lipinski definition) is 7. The van der Waals surface area contributed by atoms with Crippen molar-refractivity contribution >= 4 is 28.2 Å². The van der Waals surface area contributed by atoms with Gasteiger partial charge in [-0.2, -0.15) is 5.10 Å². The zero-order valence-electron chi connectivity index (χ0n) is 19.1. The number of amides is 1. The molecule has 11 heteroatoms. The van der Waals surface area contributed by atoms with Crippen molar-refractivity contribution < 1.29 is 9.53 Å². The van der Waals surface area contributed by atoms with Crippen LogP contribution in [-0.2, 0) is 29.5 Å². The number of benzene rings is 1. The van der Waals surface area contributed by atoms with Gasteiger partial charge in [0.1, 0.15) is 5.82 Å². The first-order valence-electron chi connectivity index (χ1n) is 10.5. The van der Waals surface area contributed by atoms with Crippen LogP contribution in [0.25, 0.3) is 10.8 Å². The molecular formula is C22H28N6O5. The van der Waals surface area contributed by atoms with Crippen molar-refractivity contribution in [1.82, 2.24) is 19.3 Å². The highest BCUT2D eigenvalue weighted by Gasteiger charge is 2.25. The zero-order chi connectivity index (χ0) is 24.3. The first-order chi connectivity index (χ1) is 15.6. The summed E-state index contributed by atoms with van der Waals surface area (Å²) in [6.45, 7) is 4.25. The normalized spacial score (nSPS) is 11.3. The molecule has 0 radical (unpaired) electrons. The fraction of sp³-hybridized carbons (Fsp3) is 0.409. The standard InChI is InChI=1S/C22H28N6O5/c1-13(2)12-28-19(23)18(20(30)24-22(28)32)27(9-10-33-4)17(29)11-16-14-7-5-6-8-15(14)21(31)26(3)25-16/h5-8,13H,9-12,23H2,1-4H3,(H,24,30,32). The zero-order valence-corrected chi connectivity index (χ0v) is 19.1. The van der Waals surface area contributed by atoms with Crippen LogP contribution in [0.4, 0.5) is 11.5 Å². The maximum atomic E-state index is 13.4. The largest absolute Gasteiger partial charge is 0.383 e. The number of carbonyl (C=O) groups excluding carboxylic acids is 1. The summed E-state index contributed by atoms with van der Waals surface area (Å²) < 4.78 is 7.54. The summed E-state index contributed by atoms with van der Waals surface area (Å²) in [4.78, 5) is 54.3. The Morgan fingerprint density at radius 1 is 1.21 bits per heavy atom. The fourth-order valence-corrected chi connectivity index (χ4v) is 3.67. The summed E-state index contributed by atoms with van der Waals surface area (Å²) in [5.74, 6) is -0.497. The number of nitrogens with one attached hydrogen (secondary N) is 1. The third-order valence-corrected chi connectivity index (χ3v) is 5.20. The number of anilines is 2. The summed E-state index contributed by atoms with van der Waals surface area (Å²) in [5.41, 5.74) is 4.80.